The number of likely N-dealkylation sites (tertiary alicyclic amines) is 1. The molecule has 2 saturated heterocycles. The Labute approximate surface area is 182 Å². The second-order valence-electron chi connectivity index (χ2n) is 8.25. The molecule has 3 amide bonds. The second-order valence-corrected chi connectivity index (χ2v) is 9.24. The summed E-state index contributed by atoms with van der Waals surface area (Å²) in [7, 11) is 0. The van der Waals surface area contributed by atoms with Gasteiger partial charge in [-0.2, -0.15) is 11.8 Å². The summed E-state index contributed by atoms with van der Waals surface area (Å²) in [6.45, 7) is 4.92. The lowest BCUT2D eigenvalue weighted by atomic mass is 10.0. The van der Waals surface area contributed by atoms with Gasteiger partial charge >= 0.3 is 5.97 Å². The summed E-state index contributed by atoms with van der Waals surface area (Å²) in [4.78, 5) is 51.5. The Morgan fingerprint density at radius 1 is 1.13 bits per heavy atom. The van der Waals surface area contributed by atoms with Crippen molar-refractivity contribution in [1.29, 1.82) is 0 Å². The predicted octanol–water partition coefficient (Wildman–Crippen LogP) is 0.193. The molecular formula is C20H34N4O5S. The van der Waals surface area contributed by atoms with E-state index in [1.807, 2.05) is 20.1 Å². The number of carbonyl (C=O) groups is 4. The molecule has 0 saturated carbocycles. The van der Waals surface area contributed by atoms with E-state index < -0.39 is 30.0 Å². The van der Waals surface area contributed by atoms with E-state index in [2.05, 4.69) is 16.0 Å². The maximum absolute atomic E-state index is 13.2. The first kappa shape index (κ1) is 24.5. The summed E-state index contributed by atoms with van der Waals surface area (Å²) in [6.07, 6.45) is 5.01. The van der Waals surface area contributed by atoms with E-state index in [1.165, 1.54) is 16.7 Å². The topological polar surface area (TPSA) is 128 Å². The number of carbonyl (C=O) groups excluding carboxylic acids is 3. The van der Waals surface area contributed by atoms with E-state index in [0.29, 0.717) is 31.6 Å². The van der Waals surface area contributed by atoms with E-state index in [1.54, 1.807) is 0 Å². The summed E-state index contributed by atoms with van der Waals surface area (Å²) in [5, 5.41) is 17.9. The predicted molar refractivity (Wildman–Crippen MR) is 115 cm³/mol. The Balaban J connectivity index is 2.05. The summed E-state index contributed by atoms with van der Waals surface area (Å²) >= 11 is 1.51. The van der Waals surface area contributed by atoms with Crippen LogP contribution in [0.1, 0.15) is 46.0 Å². The molecule has 0 spiro atoms. The fraction of sp³-hybridized carbons (Fsp3) is 0.800. The average Bonchev–Trinajstić information content (AvgIpc) is 3.39. The van der Waals surface area contributed by atoms with E-state index in [0.717, 1.165) is 19.4 Å². The van der Waals surface area contributed by atoms with Gasteiger partial charge in [-0.05, 0) is 56.6 Å². The molecule has 2 aliphatic rings. The van der Waals surface area contributed by atoms with Crippen molar-refractivity contribution < 1.29 is 24.3 Å². The first-order chi connectivity index (χ1) is 14.3. The van der Waals surface area contributed by atoms with Crippen LogP contribution in [-0.2, 0) is 19.2 Å². The SMILES string of the molecule is CSCCC(NC(=O)C1CCCN1C(=O)C(NC(=O)C1CCCN1)C(C)C)C(=O)O. The Kier molecular flexibility index (Phi) is 9.41. The fourth-order valence-electron chi connectivity index (χ4n) is 3.92. The maximum Gasteiger partial charge on any atom is 0.326 e. The molecule has 0 aliphatic carbocycles. The van der Waals surface area contributed by atoms with Gasteiger partial charge in [0.1, 0.15) is 18.1 Å². The number of hydrogen-bond donors (Lipinski definition) is 4. The molecule has 2 fully saturated rings. The van der Waals surface area contributed by atoms with Crippen LogP contribution in [0.3, 0.4) is 0 Å². The molecule has 0 aromatic heterocycles. The van der Waals surface area contributed by atoms with Crippen molar-refractivity contribution in [3.63, 3.8) is 0 Å². The molecule has 2 rings (SSSR count). The molecule has 4 N–H and O–H groups in total. The largest absolute Gasteiger partial charge is 0.480 e. The van der Waals surface area contributed by atoms with Crippen molar-refractivity contribution in [2.75, 3.05) is 25.1 Å². The highest BCUT2D eigenvalue weighted by Gasteiger charge is 2.40. The quantitative estimate of drug-likeness (QED) is 0.380. The van der Waals surface area contributed by atoms with Gasteiger partial charge in [-0.1, -0.05) is 13.8 Å². The summed E-state index contributed by atoms with van der Waals surface area (Å²) < 4.78 is 0. The van der Waals surface area contributed by atoms with Crippen LogP contribution in [0.4, 0.5) is 0 Å². The van der Waals surface area contributed by atoms with Crippen molar-refractivity contribution >= 4 is 35.5 Å². The maximum atomic E-state index is 13.2. The number of hydrogen-bond acceptors (Lipinski definition) is 6. The third kappa shape index (κ3) is 6.34. The van der Waals surface area contributed by atoms with Gasteiger partial charge in [0.25, 0.3) is 0 Å². The first-order valence-electron chi connectivity index (χ1n) is 10.6. The van der Waals surface area contributed by atoms with Crippen LogP contribution in [0, 0.1) is 5.92 Å². The van der Waals surface area contributed by atoms with E-state index in [-0.39, 0.29) is 23.8 Å². The molecule has 10 heteroatoms. The van der Waals surface area contributed by atoms with Gasteiger partial charge in [0.05, 0.1) is 6.04 Å². The summed E-state index contributed by atoms with van der Waals surface area (Å²) in [6, 6.07) is -2.70. The minimum atomic E-state index is -1.08. The van der Waals surface area contributed by atoms with Gasteiger partial charge in [-0.25, -0.2) is 4.79 Å². The molecule has 0 radical (unpaired) electrons. The minimum Gasteiger partial charge on any atom is -0.480 e. The lowest BCUT2D eigenvalue weighted by Gasteiger charge is -2.31. The van der Waals surface area contributed by atoms with Gasteiger partial charge in [0, 0.05) is 6.54 Å². The lowest BCUT2D eigenvalue weighted by molar-refractivity contribution is -0.145. The number of nitrogens with zero attached hydrogens (tertiary/aromatic N) is 1. The summed E-state index contributed by atoms with van der Waals surface area (Å²) in [5.74, 6) is -1.53. The van der Waals surface area contributed by atoms with E-state index in [9.17, 15) is 24.3 Å². The molecule has 170 valence electrons. The number of aliphatic carboxylic acids is 1. The zero-order valence-corrected chi connectivity index (χ0v) is 18.8. The summed E-state index contributed by atoms with van der Waals surface area (Å²) in [5.41, 5.74) is 0. The van der Waals surface area contributed by atoms with Gasteiger partial charge < -0.3 is 26.0 Å². The van der Waals surface area contributed by atoms with Gasteiger partial charge in [-0.3, -0.25) is 14.4 Å². The standard InChI is InChI=1S/C20H34N4O5S/c1-12(2)16(23-17(25)13-6-4-9-21-13)19(27)24-10-5-7-15(24)18(26)22-14(20(28)29)8-11-30-3/h12-16,21H,4-11H2,1-3H3,(H,22,26)(H,23,25)(H,28,29). The van der Waals surface area contributed by atoms with Gasteiger partial charge in [0.2, 0.25) is 17.7 Å². The van der Waals surface area contributed by atoms with Crippen molar-refractivity contribution in [2.24, 2.45) is 5.92 Å². The molecular weight excluding hydrogens is 408 g/mol. The average molecular weight is 443 g/mol. The highest BCUT2D eigenvalue weighted by Crippen LogP contribution is 2.21. The fourth-order valence-corrected chi connectivity index (χ4v) is 4.39. The van der Waals surface area contributed by atoms with Crippen molar-refractivity contribution in [3.05, 3.63) is 0 Å². The van der Waals surface area contributed by atoms with Crippen LogP contribution in [0.5, 0.6) is 0 Å². The molecule has 9 nitrogen and oxygen atoms in total. The molecule has 2 aliphatic heterocycles. The van der Waals surface area contributed by atoms with Crippen molar-refractivity contribution in [3.8, 4) is 0 Å². The van der Waals surface area contributed by atoms with Crippen LogP contribution in [-0.4, -0.2) is 83.0 Å². The van der Waals surface area contributed by atoms with Crippen LogP contribution in [0.25, 0.3) is 0 Å². The van der Waals surface area contributed by atoms with Crippen LogP contribution >= 0.6 is 11.8 Å². The Hall–Kier alpha value is -1.81. The number of carboxylic acid groups (broad SMARTS) is 1. The number of carboxylic acids is 1. The van der Waals surface area contributed by atoms with E-state index >= 15 is 0 Å². The molecule has 0 aromatic rings. The third-order valence-electron chi connectivity index (χ3n) is 5.67. The molecule has 2 heterocycles. The Bertz CT molecular complexity index is 639. The smallest absolute Gasteiger partial charge is 0.326 e. The number of rotatable bonds is 10. The molecule has 0 aromatic carbocycles. The zero-order chi connectivity index (χ0) is 22.3. The van der Waals surface area contributed by atoms with Crippen molar-refractivity contribution in [2.45, 2.75) is 70.1 Å². The molecule has 4 atom stereocenters. The highest BCUT2D eigenvalue weighted by molar-refractivity contribution is 7.98. The molecule has 30 heavy (non-hydrogen) atoms. The Morgan fingerprint density at radius 3 is 2.43 bits per heavy atom. The van der Waals surface area contributed by atoms with Crippen molar-refractivity contribution in [1.82, 2.24) is 20.9 Å². The Morgan fingerprint density at radius 2 is 1.87 bits per heavy atom. The third-order valence-corrected chi connectivity index (χ3v) is 6.31. The van der Waals surface area contributed by atoms with Gasteiger partial charge in [-0.15, -0.1) is 0 Å². The molecule has 0 bridgehead atoms. The first-order valence-corrected chi connectivity index (χ1v) is 12.0. The number of nitrogens with one attached hydrogen (secondary N) is 3. The van der Waals surface area contributed by atoms with Crippen LogP contribution in [0.15, 0.2) is 0 Å². The van der Waals surface area contributed by atoms with E-state index in [4.69, 9.17) is 0 Å². The monoisotopic (exact) mass is 442 g/mol. The minimum absolute atomic E-state index is 0.138. The van der Waals surface area contributed by atoms with Gasteiger partial charge in [0.15, 0.2) is 0 Å². The molecule has 4 unspecified atom stereocenters. The second kappa shape index (κ2) is 11.5. The zero-order valence-electron chi connectivity index (χ0n) is 18.0. The number of thioether (sulfide) groups is 1. The number of amides is 3. The highest BCUT2D eigenvalue weighted by atomic mass is 32.2. The normalized spacial score (nSPS) is 23.3. The lowest BCUT2D eigenvalue weighted by Crippen LogP contribution is -2.58. The van der Waals surface area contributed by atoms with Crippen LogP contribution < -0.4 is 16.0 Å². The van der Waals surface area contributed by atoms with Crippen LogP contribution in [0.2, 0.25) is 0 Å².